The maximum absolute atomic E-state index is 11.9. The number of nitrogens with one attached hydrogen (secondary N) is 1. The summed E-state index contributed by atoms with van der Waals surface area (Å²) in [7, 11) is 1.28. The highest BCUT2D eigenvalue weighted by Crippen LogP contribution is 2.39. The van der Waals surface area contributed by atoms with Crippen molar-refractivity contribution in [2.75, 3.05) is 12.4 Å². The van der Waals surface area contributed by atoms with Gasteiger partial charge in [-0.2, -0.15) is 0 Å². The Hall–Kier alpha value is -1.93. The summed E-state index contributed by atoms with van der Waals surface area (Å²) >= 11 is 1.32. The molecule has 21 heavy (non-hydrogen) atoms. The Kier molecular flexibility index (Phi) is 4.59. The number of hydrogen-bond donors (Lipinski definition) is 3. The maximum Gasteiger partial charge on any atom is 0.341 e. The molecule has 114 valence electrons. The molecule has 0 saturated heterocycles. The monoisotopic (exact) mass is 312 g/mol. The summed E-state index contributed by atoms with van der Waals surface area (Å²) in [5.41, 5.74) is 6.79. The summed E-state index contributed by atoms with van der Waals surface area (Å²) in [6, 6.07) is -1.16. The van der Waals surface area contributed by atoms with E-state index >= 15 is 0 Å². The number of carboxylic acids is 1. The standard InChI is InChI=1S/C13H16N2O5S/c1-20-13(19)10-6-3-2-4-8(6)21-12(10)15-11(18)7(14)5-9(16)17/h7H,2-5,14H2,1H3,(H,15,18)(H,16,17). The molecular weight excluding hydrogens is 296 g/mol. The molecule has 1 aromatic rings. The van der Waals surface area contributed by atoms with Crippen molar-refractivity contribution in [3.8, 4) is 0 Å². The molecule has 8 heteroatoms. The fraction of sp³-hybridized carbons (Fsp3) is 0.462. The lowest BCUT2D eigenvalue weighted by atomic mass is 10.1. The third kappa shape index (κ3) is 3.22. The highest BCUT2D eigenvalue weighted by molar-refractivity contribution is 7.17. The lowest BCUT2D eigenvalue weighted by Gasteiger charge is -2.10. The molecule has 1 heterocycles. The topological polar surface area (TPSA) is 119 Å². The minimum absolute atomic E-state index is 0.367. The molecule has 0 bridgehead atoms. The molecule has 1 amide bonds. The van der Waals surface area contributed by atoms with E-state index in [9.17, 15) is 14.4 Å². The van der Waals surface area contributed by atoms with Gasteiger partial charge in [0.15, 0.2) is 0 Å². The van der Waals surface area contributed by atoms with Gasteiger partial charge in [0.2, 0.25) is 5.91 Å². The number of thiophene rings is 1. The summed E-state index contributed by atoms with van der Waals surface area (Å²) in [6.45, 7) is 0. The van der Waals surface area contributed by atoms with E-state index in [1.54, 1.807) is 0 Å². The SMILES string of the molecule is COC(=O)c1c(NC(=O)C(N)CC(=O)O)sc2c1CCC2. The number of aliphatic carboxylic acids is 1. The van der Waals surface area contributed by atoms with Gasteiger partial charge in [0.05, 0.1) is 25.1 Å². The van der Waals surface area contributed by atoms with Gasteiger partial charge < -0.3 is 20.9 Å². The Morgan fingerprint density at radius 1 is 1.43 bits per heavy atom. The highest BCUT2D eigenvalue weighted by atomic mass is 32.1. The van der Waals surface area contributed by atoms with E-state index < -0.39 is 30.3 Å². The number of carbonyl (C=O) groups is 3. The first-order chi connectivity index (χ1) is 9.93. The van der Waals surface area contributed by atoms with Gasteiger partial charge in [0.1, 0.15) is 5.00 Å². The Morgan fingerprint density at radius 3 is 2.76 bits per heavy atom. The first-order valence-corrected chi connectivity index (χ1v) is 7.26. The van der Waals surface area contributed by atoms with Crippen molar-refractivity contribution in [3.63, 3.8) is 0 Å². The molecule has 0 fully saturated rings. The average molecular weight is 312 g/mol. The highest BCUT2D eigenvalue weighted by Gasteiger charge is 2.29. The smallest absolute Gasteiger partial charge is 0.341 e. The number of amides is 1. The zero-order chi connectivity index (χ0) is 15.6. The van der Waals surface area contributed by atoms with Crippen molar-refractivity contribution in [2.24, 2.45) is 5.73 Å². The van der Waals surface area contributed by atoms with E-state index in [1.807, 2.05) is 0 Å². The van der Waals surface area contributed by atoms with Crippen LogP contribution in [0.2, 0.25) is 0 Å². The molecule has 1 aromatic heterocycles. The van der Waals surface area contributed by atoms with E-state index in [4.69, 9.17) is 15.6 Å². The van der Waals surface area contributed by atoms with Gasteiger partial charge in [-0.25, -0.2) is 4.79 Å². The lowest BCUT2D eigenvalue weighted by Crippen LogP contribution is -2.37. The van der Waals surface area contributed by atoms with Crippen molar-refractivity contribution in [1.29, 1.82) is 0 Å². The molecule has 1 aliphatic carbocycles. The lowest BCUT2D eigenvalue weighted by molar-refractivity contribution is -0.138. The van der Waals surface area contributed by atoms with Gasteiger partial charge in [-0.3, -0.25) is 9.59 Å². The second-order valence-corrected chi connectivity index (χ2v) is 5.85. The quantitative estimate of drug-likeness (QED) is 0.691. The van der Waals surface area contributed by atoms with Gasteiger partial charge in [-0.05, 0) is 24.8 Å². The van der Waals surface area contributed by atoms with Crippen molar-refractivity contribution >= 4 is 34.2 Å². The number of fused-ring (bicyclic) bond motifs is 1. The second kappa shape index (κ2) is 6.23. The molecule has 0 radical (unpaired) electrons. The maximum atomic E-state index is 11.9. The van der Waals surface area contributed by atoms with Crippen LogP contribution in [0.3, 0.4) is 0 Å². The molecule has 4 N–H and O–H groups in total. The molecular formula is C13H16N2O5S. The Morgan fingerprint density at radius 2 is 2.14 bits per heavy atom. The van der Waals surface area contributed by atoms with Crippen molar-refractivity contribution < 1.29 is 24.2 Å². The summed E-state index contributed by atoms with van der Waals surface area (Å²) in [6.07, 6.45) is 2.14. The summed E-state index contributed by atoms with van der Waals surface area (Å²) in [5, 5.41) is 11.6. The summed E-state index contributed by atoms with van der Waals surface area (Å²) in [5.74, 6) is -2.28. The molecule has 1 atom stereocenters. The van der Waals surface area contributed by atoms with Crippen LogP contribution in [-0.2, 0) is 27.2 Å². The van der Waals surface area contributed by atoms with Gasteiger partial charge in [-0.1, -0.05) is 0 Å². The summed E-state index contributed by atoms with van der Waals surface area (Å²) in [4.78, 5) is 35.4. The van der Waals surface area contributed by atoms with Gasteiger partial charge in [0.25, 0.3) is 0 Å². The Labute approximate surface area is 125 Å². The van der Waals surface area contributed by atoms with E-state index in [1.165, 1.54) is 18.4 Å². The van der Waals surface area contributed by atoms with Crippen molar-refractivity contribution in [1.82, 2.24) is 0 Å². The van der Waals surface area contributed by atoms with Crippen LogP contribution in [-0.4, -0.2) is 36.1 Å². The Balaban J connectivity index is 2.22. The van der Waals surface area contributed by atoms with E-state index in [0.29, 0.717) is 10.6 Å². The van der Waals surface area contributed by atoms with Crippen LogP contribution in [0.25, 0.3) is 0 Å². The first-order valence-electron chi connectivity index (χ1n) is 6.45. The normalized spacial score (nSPS) is 14.4. The number of aryl methyl sites for hydroxylation is 1. The van der Waals surface area contributed by atoms with Crippen LogP contribution in [0.15, 0.2) is 0 Å². The number of nitrogens with two attached hydrogens (primary N) is 1. The predicted octanol–water partition coefficient (Wildman–Crippen LogP) is 0.764. The number of methoxy groups -OCH3 is 1. The largest absolute Gasteiger partial charge is 0.481 e. The number of anilines is 1. The molecule has 1 aliphatic rings. The van der Waals surface area contributed by atoms with Gasteiger partial charge in [-0.15, -0.1) is 11.3 Å². The molecule has 1 unspecified atom stereocenters. The van der Waals surface area contributed by atoms with Crippen LogP contribution in [0, 0.1) is 0 Å². The minimum Gasteiger partial charge on any atom is -0.481 e. The van der Waals surface area contributed by atoms with Crippen LogP contribution in [0.5, 0.6) is 0 Å². The number of esters is 1. The van der Waals surface area contributed by atoms with Gasteiger partial charge >= 0.3 is 11.9 Å². The predicted molar refractivity (Wildman–Crippen MR) is 76.5 cm³/mol. The second-order valence-electron chi connectivity index (χ2n) is 4.75. The third-order valence-corrected chi connectivity index (χ3v) is 4.49. The molecule has 0 aromatic carbocycles. The first kappa shape index (κ1) is 15.5. The zero-order valence-corrected chi connectivity index (χ0v) is 12.3. The third-order valence-electron chi connectivity index (χ3n) is 3.28. The fourth-order valence-electron chi connectivity index (χ4n) is 2.30. The number of ether oxygens (including phenoxy) is 1. The van der Waals surface area contributed by atoms with E-state index in [0.717, 1.165) is 29.7 Å². The average Bonchev–Trinajstić information content (AvgIpc) is 2.97. The van der Waals surface area contributed by atoms with E-state index in [2.05, 4.69) is 5.32 Å². The Bertz CT molecular complexity index is 596. The van der Waals surface area contributed by atoms with Crippen LogP contribution in [0.1, 0.15) is 33.6 Å². The minimum atomic E-state index is -1.16. The number of carboxylic acid groups (broad SMARTS) is 1. The van der Waals surface area contributed by atoms with Crippen LogP contribution >= 0.6 is 11.3 Å². The van der Waals surface area contributed by atoms with Gasteiger partial charge in [0, 0.05) is 4.88 Å². The fourth-order valence-corrected chi connectivity index (χ4v) is 3.58. The molecule has 0 aliphatic heterocycles. The summed E-state index contributed by atoms with van der Waals surface area (Å²) < 4.78 is 4.76. The molecule has 0 spiro atoms. The molecule has 0 saturated carbocycles. The zero-order valence-electron chi connectivity index (χ0n) is 11.5. The van der Waals surface area contributed by atoms with Crippen molar-refractivity contribution in [3.05, 3.63) is 16.0 Å². The van der Waals surface area contributed by atoms with Crippen molar-refractivity contribution in [2.45, 2.75) is 31.7 Å². The number of rotatable bonds is 5. The molecule has 2 rings (SSSR count). The molecule has 7 nitrogen and oxygen atoms in total. The number of carbonyl (C=O) groups excluding carboxylic acids is 2. The van der Waals surface area contributed by atoms with Crippen LogP contribution in [0.4, 0.5) is 5.00 Å². The number of hydrogen-bond acceptors (Lipinski definition) is 6. The van der Waals surface area contributed by atoms with Crippen LogP contribution < -0.4 is 11.1 Å². The van der Waals surface area contributed by atoms with E-state index in [-0.39, 0.29) is 0 Å².